The van der Waals surface area contributed by atoms with Gasteiger partial charge in [0, 0.05) is 44.8 Å². The average Bonchev–Trinajstić information content (AvgIpc) is 3.15. The maximum atomic E-state index is 12.5. The summed E-state index contributed by atoms with van der Waals surface area (Å²) in [6, 6.07) is 12.4. The van der Waals surface area contributed by atoms with E-state index in [2.05, 4.69) is 35.0 Å². The van der Waals surface area contributed by atoms with Crippen LogP contribution in [0.4, 0.5) is 0 Å². The fraction of sp³-hybridized carbons (Fsp3) is 0.400. The van der Waals surface area contributed by atoms with Crippen LogP contribution in [0.3, 0.4) is 0 Å². The van der Waals surface area contributed by atoms with Crippen LogP contribution in [-0.4, -0.2) is 53.5 Å². The normalized spacial score (nSPS) is 18.5. The van der Waals surface area contributed by atoms with Gasteiger partial charge in [0.2, 0.25) is 0 Å². The fourth-order valence-corrected chi connectivity index (χ4v) is 3.62. The molecule has 5 heteroatoms. The van der Waals surface area contributed by atoms with Crippen molar-refractivity contribution in [1.29, 1.82) is 0 Å². The lowest BCUT2D eigenvalue weighted by Gasteiger charge is -2.38. The Morgan fingerprint density at radius 3 is 2.76 bits per heavy atom. The van der Waals surface area contributed by atoms with Crippen LogP contribution >= 0.6 is 0 Å². The Bertz CT molecular complexity index is 755. The monoisotopic (exact) mass is 337 g/mol. The van der Waals surface area contributed by atoms with Gasteiger partial charge in [-0.3, -0.25) is 14.7 Å². The van der Waals surface area contributed by atoms with Gasteiger partial charge in [-0.15, -0.1) is 0 Å². The molecule has 0 aliphatic carbocycles. The van der Waals surface area contributed by atoms with Crippen molar-refractivity contribution < 1.29 is 9.53 Å². The summed E-state index contributed by atoms with van der Waals surface area (Å²) in [5, 5.41) is 0. The molecule has 0 saturated carbocycles. The zero-order valence-corrected chi connectivity index (χ0v) is 14.5. The van der Waals surface area contributed by atoms with Crippen LogP contribution in [-0.2, 0) is 6.42 Å². The van der Waals surface area contributed by atoms with E-state index < -0.39 is 0 Å². The Labute approximate surface area is 148 Å². The summed E-state index contributed by atoms with van der Waals surface area (Å²) in [6.45, 7) is 6.24. The number of hydrogen-bond donors (Lipinski definition) is 0. The van der Waals surface area contributed by atoms with Crippen molar-refractivity contribution in [2.75, 3.05) is 32.8 Å². The molecule has 1 unspecified atom stereocenters. The predicted octanol–water partition coefficient (Wildman–Crippen LogP) is 2.54. The standard InChI is InChI=1S/C20H23N3O2/c1-15(17-6-5-16-7-13-25-19(16)14-17)22-9-11-23(12-10-22)20(24)18-4-2-3-8-21-18/h2-6,8,14-15H,7,9-13H2,1H3. The number of hydrogen-bond acceptors (Lipinski definition) is 4. The molecule has 0 bridgehead atoms. The highest BCUT2D eigenvalue weighted by atomic mass is 16.5. The molecule has 25 heavy (non-hydrogen) atoms. The first-order valence-electron chi connectivity index (χ1n) is 8.92. The molecule has 3 heterocycles. The summed E-state index contributed by atoms with van der Waals surface area (Å²) < 4.78 is 5.70. The van der Waals surface area contributed by atoms with Gasteiger partial charge in [-0.25, -0.2) is 0 Å². The average molecular weight is 337 g/mol. The molecule has 130 valence electrons. The lowest BCUT2D eigenvalue weighted by molar-refractivity contribution is 0.0576. The fourth-order valence-electron chi connectivity index (χ4n) is 3.62. The molecule has 0 N–H and O–H groups in total. The summed E-state index contributed by atoms with van der Waals surface area (Å²) in [7, 11) is 0. The van der Waals surface area contributed by atoms with Gasteiger partial charge < -0.3 is 9.64 Å². The van der Waals surface area contributed by atoms with E-state index >= 15 is 0 Å². The van der Waals surface area contributed by atoms with Crippen LogP contribution in [0.25, 0.3) is 0 Å². The van der Waals surface area contributed by atoms with Crippen molar-refractivity contribution in [2.45, 2.75) is 19.4 Å². The number of rotatable bonds is 3. The van der Waals surface area contributed by atoms with Gasteiger partial charge in [0.15, 0.2) is 0 Å². The van der Waals surface area contributed by atoms with E-state index in [1.807, 2.05) is 17.0 Å². The third kappa shape index (κ3) is 3.24. The first kappa shape index (κ1) is 16.1. The van der Waals surface area contributed by atoms with Gasteiger partial charge in [0.25, 0.3) is 5.91 Å². The number of fused-ring (bicyclic) bond motifs is 1. The number of pyridine rings is 1. The second kappa shape index (κ2) is 6.84. The zero-order valence-electron chi connectivity index (χ0n) is 14.5. The molecule has 1 atom stereocenters. The number of ether oxygens (including phenoxy) is 1. The highest BCUT2D eigenvalue weighted by molar-refractivity contribution is 5.92. The highest BCUT2D eigenvalue weighted by Crippen LogP contribution is 2.31. The van der Waals surface area contributed by atoms with Crippen LogP contribution in [0.5, 0.6) is 5.75 Å². The van der Waals surface area contributed by atoms with Gasteiger partial charge >= 0.3 is 0 Å². The Balaban J connectivity index is 1.39. The third-order valence-electron chi connectivity index (χ3n) is 5.24. The van der Waals surface area contributed by atoms with Crippen molar-refractivity contribution in [3.63, 3.8) is 0 Å². The molecule has 5 nitrogen and oxygen atoms in total. The van der Waals surface area contributed by atoms with E-state index in [0.29, 0.717) is 11.7 Å². The third-order valence-corrected chi connectivity index (χ3v) is 5.24. The topological polar surface area (TPSA) is 45.7 Å². The van der Waals surface area contributed by atoms with Crippen LogP contribution < -0.4 is 4.74 Å². The van der Waals surface area contributed by atoms with Crippen LogP contribution in [0, 0.1) is 0 Å². The molecule has 1 fully saturated rings. The lowest BCUT2D eigenvalue weighted by Crippen LogP contribution is -2.49. The Morgan fingerprint density at radius 1 is 1.16 bits per heavy atom. The minimum absolute atomic E-state index is 0.0267. The van der Waals surface area contributed by atoms with E-state index in [0.717, 1.165) is 45.0 Å². The lowest BCUT2D eigenvalue weighted by atomic mass is 10.0. The zero-order chi connectivity index (χ0) is 17.2. The maximum absolute atomic E-state index is 12.5. The number of carbonyl (C=O) groups excluding carboxylic acids is 1. The molecular formula is C20H23N3O2. The minimum atomic E-state index is 0.0267. The first-order chi connectivity index (χ1) is 12.2. The quantitative estimate of drug-likeness (QED) is 0.863. The van der Waals surface area contributed by atoms with Gasteiger partial charge in [-0.05, 0) is 36.2 Å². The molecule has 1 aromatic carbocycles. The van der Waals surface area contributed by atoms with Crippen molar-refractivity contribution in [3.8, 4) is 5.75 Å². The number of piperazine rings is 1. The van der Waals surface area contributed by atoms with E-state index in [-0.39, 0.29) is 5.91 Å². The van der Waals surface area contributed by atoms with Gasteiger partial charge in [0.1, 0.15) is 11.4 Å². The highest BCUT2D eigenvalue weighted by Gasteiger charge is 2.26. The van der Waals surface area contributed by atoms with E-state index in [4.69, 9.17) is 4.74 Å². The second-order valence-electron chi connectivity index (χ2n) is 6.68. The van der Waals surface area contributed by atoms with E-state index in [1.165, 1.54) is 11.1 Å². The minimum Gasteiger partial charge on any atom is -0.493 e. The van der Waals surface area contributed by atoms with Crippen LogP contribution in [0.15, 0.2) is 42.6 Å². The molecule has 2 aromatic rings. The summed E-state index contributed by atoms with van der Waals surface area (Å²) >= 11 is 0. The molecule has 0 radical (unpaired) electrons. The number of amides is 1. The smallest absolute Gasteiger partial charge is 0.272 e. The summed E-state index contributed by atoms with van der Waals surface area (Å²) in [5.74, 6) is 1.06. The molecular weight excluding hydrogens is 314 g/mol. The number of benzene rings is 1. The van der Waals surface area contributed by atoms with Crippen LogP contribution in [0.2, 0.25) is 0 Å². The van der Waals surface area contributed by atoms with Crippen LogP contribution in [0.1, 0.15) is 34.6 Å². The van der Waals surface area contributed by atoms with Gasteiger partial charge in [-0.2, -0.15) is 0 Å². The molecule has 4 rings (SSSR count). The van der Waals surface area contributed by atoms with E-state index in [9.17, 15) is 4.79 Å². The molecule has 1 aromatic heterocycles. The molecule has 2 aliphatic rings. The van der Waals surface area contributed by atoms with Crippen molar-refractivity contribution in [1.82, 2.24) is 14.8 Å². The predicted molar refractivity (Wildman–Crippen MR) is 95.8 cm³/mol. The summed E-state index contributed by atoms with van der Waals surface area (Å²) in [4.78, 5) is 21.0. The Hall–Kier alpha value is -2.40. The SMILES string of the molecule is CC(c1ccc2c(c1)OCC2)N1CCN(C(=O)c2ccccn2)CC1. The van der Waals surface area contributed by atoms with Crippen molar-refractivity contribution in [2.24, 2.45) is 0 Å². The Morgan fingerprint density at radius 2 is 2.00 bits per heavy atom. The number of nitrogens with zero attached hydrogens (tertiary/aromatic N) is 3. The van der Waals surface area contributed by atoms with Gasteiger partial charge in [-0.1, -0.05) is 18.2 Å². The first-order valence-corrected chi connectivity index (χ1v) is 8.92. The largest absolute Gasteiger partial charge is 0.493 e. The number of carbonyl (C=O) groups is 1. The molecule has 2 aliphatic heterocycles. The molecule has 1 amide bonds. The van der Waals surface area contributed by atoms with Crippen molar-refractivity contribution in [3.05, 3.63) is 59.4 Å². The maximum Gasteiger partial charge on any atom is 0.272 e. The summed E-state index contributed by atoms with van der Waals surface area (Å²) in [5.41, 5.74) is 3.12. The van der Waals surface area contributed by atoms with E-state index in [1.54, 1.807) is 12.3 Å². The number of aromatic nitrogens is 1. The Kier molecular flexibility index (Phi) is 4.40. The molecule has 0 spiro atoms. The van der Waals surface area contributed by atoms with Crippen molar-refractivity contribution >= 4 is 5.91 Å². The van der Waals surface area contributed by atoms with Gasteiger partial charge in [0.05, 0.1) is 6.61 Å². The molecule has 1 saturated heterocycles. The second-order valence-corrected chi connectivity index (χ2v) is 6.68. The summed E-state index contributed by atoms with van der Waals surface area (Å²) in [6.07, 6.45) is 2.68.